The molecule has 8 nitrogen and oxygen atoms in total. The number of halogens is 3. The molecule has 1 aromatic heterocycles. The van der Waals surface area contributed by atoms with Crippen molar-refractivity contribution in [1.29, 1.82) is 0 Å². The van der Waals surface area contributed by atoms with Gasteiger partial charge in [0.1, 0.15) is 23.0 Å². The van der Waals surface area contributed by atoms with Gasteiger partial charge in [-0.1, -0.05) is 22.6 Å². The Kier molecular flexibility index (Phi) is 10.6. The molecule has 3 aromatic rings. The molecule has 4 N–H and O–H groups in total. The smallest absolute Gasteiger partial charge is 0.419 e. The standard InChI is InChI=1S/C8H4FNO3.C7H6FNO2.C4H8O.CH3I/c9-4-1-2-6-5(3-4)7(11)10-8(12)13-6;8-4-1-2-6(10)5(3-4)7(9)11;1-2-4-5-3-1;1-2/h1-3H,(H,10,11,12);1-3,10H,(H2,9,11);1-4H2;1H3/i;;;1D. The molecule has 1 aliphatic heterocycles. The number of ether oxygens (including phenoxy) is 1. The van der Waals surface area contributed by atoms with Crippen LogP contribution in [0.4, 0.5) is 8.78 Å². The number of primary amides is 1. The molecule has 168 valence electrons. The SMILES string of the molecule is C1CCOC1.NC(=O)c1cc(F)ccc1O.O=c1[nH]c(=O)c2cc(F)ccc2o1.[2H]CI. The maximum Gasteiger partial charge on any atom is 0.419 e. The molecular weight excluding hydrogens is 529 g/mol. The molecule has 0 atom stereocenters. The van der Waals surface area contributed by atoms with Crippen molar-refractivity contribution in [1.82, 2.24) is 4.98 Å². The molecule has 0 aliphatic carbocycles. The highest BCUT2D eigenvalue weighted by Crippen LogP contribution is 2.16. The Balaban J connectivity index is 0.000000242. The van der Waals surface area contributed by atoms with E-state index in [9.17, 15) is 23.2 Å². The van der Waals surface area contributed by atoms with Crippen LogP contribution in [0.2, 0.25) is 0 Å². The number of aromatic amines is 1. The summed E-state index contributed by atoms with van der Waals surface area (Å²) in [6, 6.07) is 6.37. The average Bonchev–Trinajstić information content (AvgIpc) is 3.32. The van der Waals surface area contributed by atoms with Gasteiger partial charge >= 0.3 is 5.76 Å². The zero-order valence-corrected chi connectivity index (χ0v) is 18.4. The lowest BCUT2D eigenvalue weighted by molar-refractivity contribution is 0.0997. The van der Waals surface area contributed by atoms with Crippen molar-refractivity contribution in [3.8, 4) is 5.75 Å². The zero-order valence-electron chi connectivity index (χ0n) is 17.2. The van der Waals surface area contributed by atoms with Crippen LogP contribution in [0, 0.1) is 11.6 Å². The second kappa shape index (κ2) is 13.5. The van der Waals surface area contributed by atoms with Gasteiger partial charge in [0.25, 0.3) is 11.5 Å². The van der Waals surface area contributed by atoms with Gasteiger partial charge in [-0.3, -0.25) is 14.6 Å². The Hall–Kier alpha value is -2.80. The fraction of sp³-hybridized carbons (Fsp3) is 0.250. The molecule has 11 heteroatoms. The number of fused-ring (bicyclic) bond motifs is 1. The van der Waals surface area contributed by atoms with E-state index in [0.29, 0.717) is 4.91 Å². The van der Waals surface area contributed by atoms with Crippen molar-refractivity contribution in [2.24, 2.45) is 5.73 Å². The first-order valence-electron chi connectivity index (χ1n) is 9.44. The van der Waals surface area contributed by atoms with Gasteiger partial charge in [-0.25, -0.2) is 13.6 Å². The molecule has 0 bridgehead atoms. The lowest BCUT2D eigenvalue weighted by Gasteiger charge is -1.98. The summed E-state index contributed by atoms with van der Waals surface area (Å²) >= 11 is 1.96. The maximum atomic E-state index is 12.6. The van der Waals surface area contributed by atoms with Gasteiger partial charge in [-0.15, -0.1) is 0 Å². The molecule has 0 saturated carbocycles. The predicted octanol–water partition coefficient (Wildman–Crippen LogP) is 3.10. The van der Waals surface area contributed by atoms with Crippen molar-refractivity contribution in [2.45, 2.75) is 12.8 Å². The molecule has 2 heterocycles. The van der Waals surface area contributed by atoms with Crippen LogP contribution in [0.1, 0.15) is 24.6 Å². The minimum absolute atomic E-state index is 0.0274. The minimum atomic E-state index is -0.845. The number of carbonyl (C=O) groups is 1. The monoisotopic (exact) mass is 551 g/mol. The van der Waals surface area contributed by atoms with Gasteiger partial charge in [0.05, 0.1) is 10.9 Å². The van der Waals surface area contributed by atoms with Gasteiger partial charge < -0.3 is 20.0 Å². The molecule has 0 spiro atoms. The Labute approximate surface area is 190 Å². The van der Waals surface area contributed by atoms with Crippen LogP contribution in [0.15, 0.2) is 50.4 Å². The third-order valence-corrected chi connectivity index (χ3v) is 3.66. The van der Waals surface area contributed by atoms with E-state index in [-0.39, 0.29) is 22.3 Å². The first kappa shape index (κ1) is 24.5. The summed E-state index contributed by atoms with van der Waals surface area (Å²) in [5.74, 6) is -3.14. The number of aromatic hydroxyl groups is 1. The summed E-state index contributed by atoms with van der Waals surface area (Å²) in [4.78, 5) is 34.6. The number of rotatable bonds is 1. The zero-order chi connectivity index (χ0) is 24.1. The van der Waals surface area contributed by atoms with Gasteiger partial charge in [-0.2, -0.15) is 0 Å². The van der Waals surface area contributed by atoms with E-state index in [1.807, 2.05) is 27.6 Å². The summed E-state index contributed by atoms with van der Waals surface area (Å²) in [5, 5.41) is 8.97. The topological polar surface area (TPSA) is 136 Å². The second-order valence-corrected chi connectivity index (χ2v) is 5.83. The summed E-state index contributed by atoms with van der Waals surface area (Å²) in [5.41, 5.74) is 4.05. The highest BCUT2D eigenvalue weighted by atomic mass is 127. The van der Waals surface area contributed by atoms with Gasteiger partial charge in [-0.05, 0) is 54.1 Å². The molecule has 4 rings (SSSR count). The Bertz CT molecular complexity index is 1130. The lowest BCUT2D eigenvalue weighted by Crippen LogP contribution is -2.17. The van der Waals surface area contributed by atoms with Crippen molar-refractivity contribution in [2.75, 3.05) is 18.1 Å². The highest BCUT2D eigenvalue weighted by molar-refractivity contribution is 14.1. The summed E-state index contributed by atoms with van der Waals surface area (Å²) in [6.45, 7) is 2.00. The third kappa shape index (κ3) is 8.84. The van der Waals surface area contributed by atoms with Gasteiger partial charge in [0.15, 0.2) is 0 Å². The number of amides is 1. The Morgan fingerprint density at radius 3 is 2.26 bits per heavy atom. The number of hydrogen-bond donors (Lipinski definition) is 3. The first-order chi connectivity index (χ1) is 15.2. The normalized spacial score (nSPS) is 12.3. The Morgan fingerprint density at radius 1 is 1.16 bits per heavy atom. The predicted molar refractivity (Wildman–Crippen MR) is 120 cm³/mol. The van der Waals surface area contributed by atoms with Gasteiger partial charge in [0, 0.05) is 14.6 Å². The quantitative estimate of drug-likeness (QED) is 0.314. The number of benzene rings is 2. The first-order valence-corrected chi connectivity index (χ1v) is 10.3. The van der Waals surface area contributed by atoms with Crippen molar-refractivity contribution in [3.05, 3.63) is 74.5 Å². The van der Waals surface area contributed by atoms with Crippen LogP contribution in [0.25, 0.3) is 11.0 Å². The summed E-state index contributed by atoms with van der Waals surface area (Å²) < 4.78 is 40.8. The van der Waals surface area contributed by atoms with E-state index in [1.165, 1.54) is 18.9 Å². The van der Waals surface area contributed by atoms with Crippen molar-refractivity contribution in [3.63, 3.8) is 0 Å². The second-order valence-electron chi connectivity index (χ2n) is 5.83. The molecule has 2 aromatic carbocycles. The summed E-state index contributed by atoms with van der Waals surface area (Å²) in [7, 11) is 0. The molecule has 1 aliphatic rings. The largest absolute Gasteiger partial charge is 0.507 e. The van der Waals surface area contributed by atoms with Crippen LogP contribution in [0.5, 0.6) is 5.75 Å². The third-order valence-electron chi connectivity index (χ3n) is 3.66. The number of hydrogen-bond acceptors (Lipinski definition) is 6. The molecule has 1 amide bonds. The van der Waals surface area contributed by atoms with E-state index < -0.39 is 28.9 Å². The maximum absolute atomic E-state index is 12.6. The van der Waals surface area contributed by atoms with Crippen LogP contribution < -0.4 is 17.0 Å². The molecule has 31 heavy (non-hydrogen) atoms. The molecular formula is C20H21F2IN2O6. The number of nitrogens with one attached hydrogen (secondary N) is 1. The molecule has 0 radical (unpaired) electrons. The number of aromatic nitrogens is 1. The summed E-state index contributed by atoms with van der Waals surface area (Å²) in [6.07, 6.45) is 2.56. The van der Waals surface area contributed by atoms with Crippen LogP contribution in [-0.4, -0.2) is 34.1 Å². The lowest BCUT2D eigenvalue weighted by atomic mass is 10.2. The Morgan fingerprint density at radius 2 is 1.74 bits per heavy atom. The fourth-order valence-corrected chi connectivity index (χ4v) is 2.27. The van der Waals surface area contributed by atoms with Gasteiger partial charge in [0.2, 0.25) is 0 Å². The number of alkyl halides is 1. The van der Waals surface area contributed by atoms with Crippen molar-refractivity contribution >= 4 is 39.5 Å². The fourth-order valence-electron chi connectivity index (χ4n) is 2.27. The van der Waals surface area contributed by atoms with Crippen molar-refractivity contribution < 1.29 is 29.2 Å². The minimum Gasteiger partial charge on any atom is -0.507 e. The van der Waals surface area contributed by atoms with E-state index in [4.69, 9.17) is 16.9 Å². The molecule has 0 unspecified atom stereocenters. The molecule has 1 fully saturated rings. The average molecular weight is 551 g/mol. The van der Waals surface area contributed by atoms with E-state index >= 15 is 0 Å². The molecule has 1 saturated heterocycles. The number of H-pyrrole nitrogens is 1. The number of nitrogens with two attached hydrogens (primary N) is 1. The van der Waals surface area contributed by atoms with E-state index in [1.54, 1.807) is 0 Å². The number of phenols is 1. The van der Waals surface area contributed by atoms with E-state index in [2.05, 4.69) is 4.42 Å². The van der Waals surface area contributed by atoms with Crippen LogP contribution in [0.3, 0.4) is 0 Å². The number of carbonyl (C=O) groups excluding carboxylic acids is 1. The van der Waals surface area contributed by atoms with Crippen LogP contribution >= 0.6 is 22.6 Å². The van der Waals surface area contributed by atoms with Crippen LogP contribution in [-0.2, 0) is 4.74 Å². The van der Waals surface area contributed by atoms with E-state index in [0.717, 1.165) is 43.5 Å². The highest BCUT2D eigenvalue weighted by Gasteiger charge is 2.07.